The lowest BCUT2D eigenvalue weighted by atomic mass is 9.92. The number of alkyl halides is 1. The van der Waals surface area contributed by atoms with Crippen LogP contribution in [0.1, 0.15) is 47.8 Å². The molecule has 3 aliphatic carbocycles. The average Bonchev–Trinajstić information content (AvgIpc) is 2.82. The molecule has 0 N–H and O–H groups in total. The van der Waals surface area contributed by atoms with E-state index in [-0.39, 0.29) is 5.38 Å². The van der Waals surface area contributed by atoms with Crippen molar-refractivity contribution in [1.82, 2.24) is 0 Å². The van der Waals surface area contributed by atoms with Gasteiger partial charge in [-0.1, -0.05) is 18.2 Å². The normalized spacial score (nSPS) is 35.5. The second-order valence-electron chi connectivity index (χ2n) is 6.27. The molecule has 17 heavy (non-hydrogen) atoms. The summed E-state index contributed by atoms with van der Waals surface area (Å²) in [7, 11) is 0. The van der Waals surface area contributed by atoms with Crippen LogP contribution in [0.15, 0.2) is 18.2 Å². The van der Waals surface area contributed by atoms with Crippen LogP contribution >= 0.6 is 11.6 Å². The third-order valence-electron chi connectivity index (χ3n) is 5.13. The summed E-state index contributed by atoms with van der Waals surface area (Å²) >= 11 is 6.70. The summed E-state index contributed by atoms with van der Waals surface area (Å²) in [5.41, 5.74) is 4.52. The Labute approximate surface area is 108 Å². The van der Waals surface area contributed by atoms with Gasteiger partial charge in [0.05, 0.1) is 5.38 Å². The highest BCUT2D eigenvalue weighted by atomic mass is 35.5. The Bertz CT molecular complexity index is 441. The summed E-state index contributed by atoms with van der Waals surface area (Å²) < 4.78 is 0. The largest absolute Gasteiger partial charge is 0.118 e. The smallest absolute Gasteiger partial charge is 0.0613 e. The molecule has 1 aromatic carbocycles. The summed E-state index contributed by atoms with van der Waals surface area (Å²) in [6, 6.07) is 7.00. The third-order valence-corrected chi connectivity index (χ3v) is 5.74. The number of halogens is 1. The van der Waals surface area contributed by atoms with Crippen LogP contribution in [0.25, 0.3) is 0 Å². The van der Waals surface area contributed by atoms with E-state index in [2.05, 4.69) is 18.2 Å². The summed E-state index contributed by atoms with van der Waals surface area (Å²) in [5, 5.41) is 0.272. The molecule has 0 amide bonds. The van der Waals surface area contributed by atoms with E-state index in [0.29, 0.717) is 0 Å². The maximum absolute atomic E-state index is 6.70. The van der Waals surface area contributed by atoms with E-state index in [4.69, 9.17) is 11.6 Å². The average molecular weight is 247 g/mol. The molecule has 0 heterocycles. The van der Waals surface area contributed by atoms with Crippen molar-refractivity contribution in [2.45, 2.75) is 43.9 Å². The summed E-state index contributed by atoms with van der Waals surface area (Å²) in [6.45, 7) is 0. The second kappa shape index (κ2) is 3.75. The molecule has 3 aliphatic rings. The Morgan fingerprint density at radius 3 is 2.59 bits per heavy atom. The van der Waals surface area contributed by atoms with Gasteiger partial charge < -0.3 is 0 Å². The lowest BCUT2D eigenvalue weighted by Crippen LogP contribution is -2.06. The van der Waals surface area contributed by atoms with E-state index in [0.717, 1.165) is 17.8 Å². The van der Waals surface area contributed by atoms with Gasteiger partial charge in [0.25, 0.3) is 0 Å². The summed E-state index contributed by atoms with van der Waals surface area (Å²) in [5.74, 6) is 2.83. The van der Waals surface area contributed by atoms with Gasteiger partial charge in [0, 0.05) is 0 Å². The fraction of sp³-hybridized carbons (Fsp3) is 0.625. The molecule has 90 valence electrons. The fourth-order valence-electron chi connectivity index (χ4n) is 4.04. The zero-order chi connectivity index (χ0) is 11.4. The Morgan fingerprint density at radius 1 is 1.00 bits per heavy atom. The number of hydrogen-bond donors (Lipinski definition) is 0. The van der Waals surface area contributed by atoms with Crippen molar-refractivity contribution in [1.29, 1.82) is 0 Å². The number of rotatable bonds is 2. The Morgan fingerprint density at radius 2 is 1.76 bits per heavy atom. The van der Waals surface area contributed by atoms with Crippen LogP contribution in [-0.2, 0) is 12.8 Å². The fourth-order valence-corrected chi connectivity index (χ4v) is 4.38. The third kappa shape index (κ3) is 1.73. The number of hydrogen-bond acceptors (Lipinski definition) is 0. The molecule has 0 aliphatic heterocycles. The topological polar surface area (TPSA) is 0 Å². The van der Waals surface area contributed by atoms with Crippen LogP contribution in [0.4, 0.5) is 0 Å². The maximum atomic E-state index is 6.70. The van der Waals surface area contributed by atoms with Crippen LogP contribution in [0.2, 0.25) is 0 Å². The van der Waals surface area contributed by atoms with E-state index < -0.39 is 0 Å². The highest BCUT2D eigenvalue weighted by Crippen LogP contribution is 2.58. The predicted molar refractivity (Wildman–Crippen MR) is 71.4 cm³/mol. The number of aryl methyl sites for hydroxylation is 2. The minimum absolute atomic E-state index is 0.272. The quantitative estimate of drug-likeness (QED) is 0.674. The van der Waals surface area contributed by atoms with Gasteiger partial charge in [-0.3, -0.25) is 0 Å². The molecule has 0 nitrogen and oxygen atoms in total. The molecule has 2 saturated carbocycles. The molecular formula is C16H19Cl. The van der Waals surface area contributed by atoms with Gasteiger partial charge >= 0.3 is 0 Å². The van der Waals surface area contributed by atoms with Crippen molar-refractivity contribution >= 4 is 11.6 Å². The van der Waals surface area contributed by atoms with Crippen molar-refractivity contribution in [2.24, 2.45) is 17.8 Å². The summed E-state index contributed by atoms with van der Waals surface area (Å²) in [4.78, 5) is 0. The van der Waals surface area contributed by atoms with Gasteiger partial charge in [-0.05, 0) is 73.0 Å². The van der Waals surface area contributed by atoms with E-state index in [1.165, 1.54) is 44.1 Å². The zero-order valence-electron chi connectivity index (χ0n) is 10.2. The highest BCUT2D eigenvalue weighted by molar-refractivity contribution is 6.21. The second-order valence-corrected chi connectivity index (χ2v) is 6.74. The SMILES string of the molecule is ClC(c1ccc2c(c1)CCC2)C1CC2CC2C1. The van der Waals surface area contributed by atoms with Gasteiger partial charge in [-0.2, -0.15) is 0 Å². The monoisotopic (exact) mass is 246 g/mol. The first kappa shape index (κ1) is 10.4. The minimum atomic E-state index is 0.272. The molecule has 0 radical (unpaired) electrons. The van der Waals surface area contributed by atoms with Gasteiger partial charge in [0.1, 0.15) is 0 Å². The van der Waals surface area contributed by atoms with Crippen LogP contribution in [0, 0.1) is 17.8 Å². The van der Waals surface area contributed by atoms with E-state index in [9.17, 15) is 0 Å². The highest BCUT2D eigenvalue weighted by Gasteiger charge is 2.47. The van der Waals surface area contributed by atoms with E-state index in [1.807, 2.05) is 0 Å². The van der Waals surface area contributed by atoms with Crippen LogP contribution in [0.5, 0.6) is 0 Å². The molecule has 3 atom stereocenters. The lowest BCUT2D eigenvalue weighted by Gasteiger charge is -2.19. The van der Waals surface area contributed by atoms with Crippen molar-refractivity contribution in [3.05, 3.63) is 34.9 Å². The predicted octanol–water partition coefficient (Wildman–Crippen LogP) is 4.50. The van der Waals surface area contributed by atoms with Crippen molar-refractivity contribution in [3.8, 4) is 0 Å². The lowest BCUT2D eigenvalue weighted by molar-refractivity contribution is 0.471. The Balaban J connectivity index is 1.57. The molecule has 0 saturated heterocycles. The Hall–Kier alpha value is -0.490. The minimum Gasteiger partial charge on any atom is -0.118 e. The van der Waals surface area contributed by atoms with Crippen LogP contribution in [-0.4, -0.2) is 0 Å². The first-order valence-corrected chi connectivity index (χ1v) is 7.50. The maximum Gasteiger partial charge on any atom is 0.0613 e. The standard InChI is InChI=1S/C16H19Cl/c17-16(15-8-13-7-14(13)9-15)12-5-4-10-2-1-3-11(10)6-12/h4-6,13-16H,1-3,7-9H2. The molecule has 4 rings (SSSR count). The zero-order valence-corrected chi connectivity index (χ0v) is 10.9. The molecular weight excluding hydrogens is 228 g/mol. The molecule has 1 aromatic rings. The van der Waals surface area contributed by atoms with Gasteiger partial charge in [-0.15, -0.1) is 11.6 Å². The first-order valence-electron chi connectivity index (χ1n) is 7.07. The van der Waals surface area contributed by atoms with Gasteiger partial charge in [-0.25, -0.2) is 0 Å². The molecule has 3 unspecified atom stereocenters. The molecule has 2 fully saturated rings. The number of fused-ring (bicyclic) bond motifs is 2. The van der Waals surface area contributed by atoms with Crippen molar-refractivity contribution in [2.75, 3.05) is 0 Å². The van der Waals surface area contributed by atoms with Crippen LogP contribution in [0.3, 0.4) is 0 Å². The van der Waals surface area contributed by atoms with Crippen molar-refractivity contribution < 1.29 is 0 Å². The first-order chi connectivity index (χ1) is 8.31. The Kier molecular flexibility index (Phi) is 2.30. The molecule has 1 heteroatoms. The van der Waals surface area contributed by atoms with Crippen LogP contribution < -0.4 is 0 Å². The summed E-state index contributed by atoms with van der Waals surface area (Å²) in [6.07, 6.45) is 8.13. The molecule has 0 aromatic heterocycles. The van der Waals surface area contributed by atoms with Crippen molar-refractivity contribution in [3.63, 3.8) is 0 Å². The molecule has 0 bridgehead atoms. The van der Waals surface area contributed by atoms with Gasteiger partial charge in [0.2, 0.25) is 0 Å². The van der Waals surface area contributed by atoms with Gasteiger partial charge in [0.15, 0.2) is 0 Å². The van der Waals surface area contributed by atoms with E-state index >= 15 is 0 Å². The molecule has 0 spiro atoms. The number of benzene rings is 1. The van der Waals surface area contributed by atoms with E-state index in [1.54, 1.807) is 11.1 Å².